The molecule has 0 amide bonds. The van der Waals surface area contributed by atoms with Gasteiger partial charge in [-0.25, -0.2) is 0 Å². The van der Waals surface area contributed by atoms with Crippen LogP contribution < -0.4 is 11.1 Å². The van der Waals surface area contributed by atoms with Crippen LogP contribution in [0.3, 0.4) is 0 Å². The Balaban J connectivity index is 2.65. The molecule has 14 heavy (non-hydrogen) atoms. The zero-order chi connectivity index (χ0) is 10.6. The lowest BCUT2D eigenvalue weighted by atomic mass is 10.4. The van der Waals surface area contributed by atoms with Crippen molar-refractivity contribution in [2.45, 2.75) is 6.42 Å². The van der Waals surface area contributed by atoms with Crippen LogP contribution in [0.5, 0.6) is 0 Å². The first-order valence-electron chi connectivity index (χ1n) is 4.27. The van der Waals surface area contributed by atoms with Crippen molar-refractivity contribution in [1.29, 1.82) is 0 Å². The Labute approximate surface area is 81.1 Å². The molecule has 0 radical (unpaired) electrons. The lowest BCUT2D eigenvalue weighted by Gasteiger charge is -2.01. The zero-order valence-corrected chi connectivity index (χ0v) is 7.93. The van der Waals surface area contributed by atoms with E-state index < -0.39 is 4.92 Å². The monoisotopic (exact) mass is 199 g/mol. The van der Waals surface area contributed by atoms with Crippen LogP contribution >= 0.6 is 0 Å². The molecule has 1 rings (SSSR count). The number of nitrogens with one attached hydrogen (secondary N) is 1. The molecule has 0 spiro atoms. The van der Waals surface area contributed by atoms with E-state index in [0.29, 0.717) is 19.0 Å². The van der Waals surface area contributed by atoms with Crippen LogP contribution in [0.15, 0.2) is 6.20 Å². The van der Waals surface area contributed by atoms with Gasteiger partial charge in [0.05, 0.1) is 7.05 Å². The molecular formula is C7H13N5O2. The van der Waals surface area contributed by atoms with Crippen molar-refractivity contribution in [1.82, 2.24) is 9.55 Å². The van der Waals surface area contributed by atoms with Crippen LogP contribution in [-0.4, -0.2) is 27.6 Å². The molecule has 0 aromatic carbocycles. The molecular weight excluding hydrogens is 186 g/mol. The maximum atomic E-state index is 10.5. The van der Waals surface area contributed by atoms with Crippen molar-refractivity contribution in [3.05, 3.63) is 16.3 Å². The molecule has 78 valence electrons. The molecule has 7 nitrogen and oxygen atoms in total. The number of nitro groups is 1. The van der Waals surface area contributed by atoms with E-state index in [4.69, 9.17) is 5.73 Å². The maximum absolute atomic E-state index is 10.5. The highest BCUT2D eigenvalue weighted by molar-refractivity contribution is 5.34. The summed E-state index contributed by atoms with van der Waals surface area (Å²) in [7, 11) is 1.59. The molecule has 0 aliphatic heterocycles. The van der Waals surface area contributed by atoms with Gasteiger partial charge in [0.25, 0.3) is 5.95 Å². The van der Waals surface area contributed by atoms with Crippen molar-refractivity contribution in [2.75, 3.05) is 18.4 Å². The molecule has 0 aliphatic rings. The lowest BCUT2D eigenvalue weighted by molar-refractivity contribution is -0.391. The fourth-order valence-corrected chi connectivity index (χ4v) is 1.04. The SMILES string of the molecule is Cn1c([N+](=O)[O-])cnc1NCCCN. The highest BCUT2D eigenvalue weighted by atomic mass is 16.6. The first-order valence-corrected chi connectivity index (χ1v) is 4.27. The van der Waals surface area contributed by atoms with Crippen LogP contribution in [0.1, 0.15) is 6.42 Å². The summed E-state index contributed by atoms with van der Waals surface area (Å²) in [4.78, 5) is 13.9. The zero-order valence-electron chi connectivity index (χ0n) is 7.93. The number of rotatable bonds is 5. The van der Waals surface area contributed by atoms with E-state index in [0.717, 1.165) is 6.42 Å². The van der Waals surface area contributed by atoms with Crippen molar-refractivity contribution in [3.8, 4) is 0 Å². The highest BCUT2D eigenvalue weighted by Crippen LogP contribution is 2.14. The fourth-order valence-electron chi connectivity index (χ4n) is 1.04. The topological polar surface area (TPSA) is 99.0 Å². The summed E-state index contributed by atoms with van der Waals surface area (Å²) in [5, 5.41) is 13.4. The van der Waals surface area contributed by atoms with Crippen LogP contribution in [0.2, 0.25) is 0 Å². The van der Waals surface area contributed by atoms with Gasteiger partial charge in [-0.15, -0.1) is 0 Å². The Kier molecular flexibility index (Phi) is 3.41. The summed E-state index contributed by atoms with van der Waals surface area (Å²) in [6, 6.07) is 0. The second-order valence-electron chi connectivity index (χ2n) is 2.83. The number of aromatic nitrogens is 2. The summed E-state index contributed by atoms with van der Waals surface area (Å²) in [5.74, 6) is 0.463. The Bertz CT molecular complexity index is 322. The van der Waals surface area contributed by atoms with Crippen LogP contribution in [-0.2, 0) is 7.05 Å². The third kappa shape index (κ3) is 2.19. The average molecular weight is 199 g/mol. The third-order valence-corrected chi connectivity index (χ3v) is 1.81. The van der Waals surface area contributed by atoms with E-state index in [9.17, 15) is 10.1 Å². The first kappa shape index (κ1) is 10.5. The van der Waals surface area contributed by atoms with E-state index in [2.05, 4.69) is 10.3 Å². The van der Waals surface area contributed by atoms with Crippen molar-refractivity contribution in [3.63, 3.8) is 0 Å². The van der Waals surface area contributed by atoms with Crippen molar-refractivity contribution < 1.29 is 4.92 Å². The smallest absolute Gasteiger partial charge is 0.344 e. The van der Waals surface area contributed by atoms with Gasteiger partial charge in [-0.05, 0) is 17.9 Å². The Morgan fingerprint density at radius 2 is 2.50 bits per heavy atom. The largest absolute Gasteiger partial charge is 0.358 e. The number of hydrogen-bond acceptors (Lipinski definition) is 5. The van der Waals surface area contributed by atoms with E-state index in [-0.39, 0.29) is 5.82 Å². The lowest BCUT2D eigenvalue weighted by Crippen LogP contribution is -2.11. The number of nitrogens with two attached hydrogens (primary N) is 1. The van der Waals surface area contributed by atoms with E-state index in [1.807, 2.05) is 0 Å². The Morgan fingerprint density at radius 1 is 1.79 bits per heavy atom. The summed E-state index contributed by atoms with van der Waals surface area (Å²) in [6.45, 7) is 1.25. The number of imidazole rings is 1. The van der Waals surface area contributed by atoms with Gasteiger partial charge in [-0.1, -0.05) is 0 Å². The highest BCUT2D eigenvalue weighted by Gasteiger charge is 2.15. The molecule has 7 heteroatoms. The Hall–Kier alpha value is -1.63. The van der Waals surface area contributed by atoms with E-state index >= 15 is 0 Å². The van der Waals surface area contributed by atoms with Gasteiger partial charge >= 0.3 is 5.82 Å². The van der Waals surface area contributed by atoms with Crippen LogP contribution in [0, 0.1) is 10.1 Å². The summed E-state index contributed by atoms with van der Waals surface area (Å²) >= 11 is 0. The second kappa shape index (κ2) is 4.56. The van der Waals surface area contributed by atoms with Crippen LogP contribution in [0.4, 0.5) is 11.8 Å². The van der Waals surface area contributed by atoms with Gasteiger partial charge in [0.2, 0.25) is 0 Å². The predicted octanol–water partition coefficient (Wildman–Crippen LogP) is 0.0890. The molecule has 1 aromatic heterocycles. The van der Waals surface area contributed by atoms with Gasteiger partial charge in [0.1, 0.15) is 6.20 Å². The van der Waals surface area contributed by atoms with Crippen molar-refractivity contribution >= 4 is 11.8 Å². The molecule has 1 heterocycles. The normalized spacial score (nSPS) is 10.1. The number of anilines is 1. The minimum Gasteiger partial charge on any atom is -0.358 e. The predicted molar refractivity (Wildman–Crippen MR) is 52.0 cm³/mol. The standard InChI is InChI=1S/C7H13N5O2/c1-11-6(12(13)14)5-10-7(11)9-4-2-3-8/h5H,2-4,8H2,1H3,(H,9,10). The molecule has 0 atom stereocenters. The maximum Gasteiger partial charge on any atom is 0.344 e. The molecule has 1 aromatic rings. The molecule has 0 bridgehead atoms. The molecule has 0 fully saturated rings. The van der Waals surface area contributed by atoms with Gasteiger partial charge < -0.3 is 21.2 Å². The summed E-state index contributed by atoms with van der Waals surface area (Å²) in [6.07, 6.45) is 2.03. The van der Waals surface area contributed by atoms with Gasteiger partial charge in [-0.3, -0.25) is 0 Å². The van der Waals surface area contributed by atoms with E-state index in [1.165, 1.54) is 10.8 Å². The quantitative estimate of drug-likeness (QED) is 0.397. The Morgan fingerprint density at radius 3 is 3.00 bits per heavy atom. The van der Waals surface area contributed by atoms with Gasteiger partial charge in [-0.2, -0.15) is 9.55 Å². The van der Waals surface area contributed by atoms with Gasteiger partial charge in [0, 0.05) is 6.54 Å². The number of nitrogens with zero attached hydrogens (tertiary/aromatic N) is 3. The van der Waals surface area contributed by atoms with Crippen LogP contribution in [0.25, 0.3) is 0 Å². The van der Waals surface area contributed by atoms with E-state index in [1.54, 1.807) is 7.05 Å². The molecule has 3 N–H and O–H groups in total. The fraction of sp³-hybridized carbons (Fsp3) is 0.571. The molecule has 0 saturated heterocycles. The minimum absolute atomic E-state index is 0.0275. The first-order chi connectivity index (χ1) is 6.66. The van der Waals surface area contributed by atoms with Gasteiger partial charge in [0.15, 0.2) is 0 Å². The van der Waals surface area contributed by atoms with Crippen molar-refractivity contribution in [2.24, 2.45) is 12.8 Å². The minimum atomic E-state index is -0.471. The average Bonchev–Trinajstić information content (AvgIpc) is 2.48. The summed E-state index contributed by atoms with van der Waals surface area (Å²) < 4.78 is 1.40. The molecule has 0 aliphatic carbocycles. The summed E-state index contributed by atoms with van der Waals surface area (Å²) in [5.41, 5.74) is 5.31. The second-order valence-corrected chi connectivity index (χ2v) is 2.83. The number of hydrogen-bond donors (Lipinski definition) is 2. The molecule has 0 unspecified atom stereocenters. The molecule has 0 saturated carbocycles. The third-order valence-electron chi connectivity index (χ3n) is 1.81.